The average molecular weight is 312 g/mol. The van der Waals surface area contributed by atoms with Crippen LogP contribution in [0.2, 0.25) is 0 Å². The predicted molar refractivity (Wildman–Crippen MR) is 92.1 cm³/mol. The maximum Gasteiger partial charge on any atom is 0.150 e. The predicted octanol–water partition coefficient (Wildman–Crippen LogP) is 4.63. The molecule has 2 rings (SSSR count). The normalized spacial score (nSPS) is 12.7. The molecule has 0 saturated heterocycles. The first-order valence-corrected chi connectivity index (χ1v) is 8.21. The van der Waals surface area contributed by atoms with Crippen LogP contribution in [0.4, 0.5) is 0 Å². The molecular formula is C20H24O3. The minimum Gasteiger partial charge on any atom is -0.494 e. The summed E-state index contributed by atoms with van der Waals surface area (Å²) in [7, 11) is 0. The molecule has 0 saturated carbocycles. The number of carbonyl (C=O) groups is 2. The van der Waals surface area contributed by atoms with E-state index in [1.54, 1.807) is 6.07 Å². The largest absolute Gasteiger partial charge is 0.494 e. The molecule has 0 spiro atoms. The standard InChI is InChI=1S/C20H24O3/c1-15(2)20-13-19(11-9-17(20)14-21)23-12-4-7-18(22)10-8-16-5-3-6-16/h3,5-6,9,11,13-15H,4,7-8,10,12H2,1-2H3. The topological polar surface area (TPSA) is 43.4 Å². The quantitative estimate of drug-likeness (QED) is 0.467. The smallest absolute Gasteiger partial charge is 0.150 e. The van der Waals surface area contributed by atoms with Gasteiger partial charge in [0.25, 0.3) is 0 Å². The molecule has 1 aliphatic carbocycles. The van der Waals surface area contributed by atoms with Gasteiger partial charge in [0.15, 0.2) is 0 Å². The van der Waals surface area contributed by atoms with E-state index in [9.17, 15) is 9.59 Å². The van der Waals surface area contributed by atoms with Gasteiger partial charge in [0.05, 0.1) is 6.61 Å². The second-order valence-corrected chi connectivity index (χ2v) is 6.15. The van der Waals surface area contributed by atoms with E-state index >= 15 is 0 Å². The van der Waals surface area contributed by atoms with Gasteiger partial charge < -0.3 is 4.74 Å². The zero-order valence-electron chi connectivity index (χ0n) is 13.9. The summed E-state index contributed by atoms with van der Waals surface area (Å²) in [5.41, 5.74) is 2.96. The number of hydrogen-bond donors (Lipinski definition) is 0. The molecule has 0 N–H and O–H groups in total. The fourth-order valence-electron chi connectivity index (χ4n) is 2.52. The van der Waals surface area contributed by atoms with E-state index in [1.807, 2.05) is 30.4 Å². The molecule has 0 bridgehead atoms. The molecule has 0 aliphatic heterocycles. The van der Waals surface area contributed by atoms with E-state index in [1.165, 1.54) is 5.57 Å². The Balaban J connectivity index is 1.72. The van der Waals surface area contributed by atoms with E-state index in [0.717, 1.165) is 30.4 Å². The van der Waals surface area contributed by atoms with E-state index in [-0.39, 0.29) is 11.7 Å². The third kappa shape index (κ3) is 5.20. The summed E-state index contributed by atoms with van der Waals surface area (Å²) in [5.74, 6) is 1.32. The number of aldehydes is 1. The molecule has 0 unspecified atom stereocenters. The third-order valence-corrected chi connectivity index (χ3v) is 3.99. The lowest BCUT2D eigenvalue weighted by atomic mass is 9.98. The van der Waals surface area contributed by atoms with Crippen LogP contribution in [-0.4, -0.2) is 18.7 Å². The summed E-state index contributed by atoms with van der Waals surface area (Å²) < 4.78 is 5.71. The van der Waals surface area contributed by atoms with Crippen LogP contribution >= 0.6 is 0 Å². The molecular weight excluding hydrogens is 288 g/mol. The van der Waals surface area contributed by atoms with Gasteiger partial charge in [0, 0.05) is 18.4 Å². The lowest BCUT2D eigenvalue weighted by Gasteiger charge is -2.12. The molecule has 1 aromatic carbocycles. The van der Waals surface area contributed by atoms with E-state index < -0.39 is 0 Å². The van der Waals surface area contributed by atoms with Crippen molar-refractivity contribution in [2.75, 3.05) is 6.61 Å². The highest BCUT2D eigenvalue weighted by molar-refractivity contribution is 5.79. The van der Waals surface area contributed by atoms with Gasteiger partial charge in [-0.05, 0) is 48.1 Å². The molecule has 0 amide bonds. The second-order valence-electron chi connectivity index (χ2n) is 6.15. The van der Waals surface area contributed by atoms with Gasteiger partial charge >= 0.3 is 0 Å². The van der Waals surface area contributed by atoms with Gasteiger partial charge in [-0.25, -0.2) is 0 Å². The van der Waals surface area contributed by atoms with Crippen LogP contribution in [0.5, 0.6) is 5.75 Å². The number of Topliss-reactive ketones (excluding diaryl/α,β-unsaturated/α-hetero) is 1. The summed E-state index contributed by atoms with van der Waals surface area (Å²) in [6.07, 6.45) is 9.71. The zero-order chi connectivity index (χ0) is 16.7. The molecule has 0 heterocycles. The van der Waals surface area contributed by atoms with Crippen LogP contribution in [0, 0.1) is 0 Å². The number of hydrogen-bond acceptors (Lipinski definition) is 3. The maximum atomic E-state index is 11.8. The monoisotopic (exact) mass is 312 g/mol. The molecule has 1 aromatic rings. The molecule has 0 atom stereocenters. The highest BCUT2D eigenvalue weighted by Gasteiger charge is 2.09. The Labute approximate surface area is 138 Å². The van der Waals surface area contributed by atoms with Crippen LogP contribution < -0.4 is 4.74 Å². The summed E-state index contributed by atoms with van der Waals surface area (Å²) in [5, 5.41) is 0. The van der Waals surface area contributed by atoms with Crippen molar-refractivity contribution < 1.29 is 14.3 Å². The summed E-state index contributed by atoms with van der Waals surface area (Å²) in [6.45, 7) is 4.63. The number of ketones is 1. The van der Waals surface area contributed by atoms with Crippen molar-refractivity contribution in [3.8, 4) is 5.75 Å². The molecule has 1 aliphatic rings. The van der Waals surface area contributed by atoms with E-state index in [2.05, 4.69) is 13.8 Å². The first-order valence-electron chi connectivity index (χ1n) is 8.21. The summed E-state index contributed by atoms with van der Waals surface area (Å²) >= 11 is 0. The van der Waals surface area contributed by atoms with Crippen LogP contribution in [0.1, 0.15) is 61.4 Å². The summed E-state index contributed by atoms with van der Waals surface area (Å²) in [6, 6.07) is 5.53. The van der Waals surface area contributed by atoms with Gasteiger partial charge in [0.2, 0.25) is 0 Å². The SMILES string of the molecule is CC(C)c1cc(OCCCC(=O)CCC2=CC=C2)ccc1C=O. The zero-order valence-corrected chi connectivity index (χ0v) is 13.9. The molecule has 0 radical (unpaired) electrons. The minimum absolute atomic E-state index is 0.273. The fraction of sp³-hybridized carbons (Fsp3) is 0.400. The molecule has 0 fully saturated rings. The fourth-order valence-corrected chi connectivity index (χ4v) is 2.52. The van der Waals surface area contributed by atoms with Gasteiger partial charge in [-0.3, -0.25) is 9.59 Å². The van der Waals surface area contributed by atoms with Crippen molar-refractivity contribution in [3.05, 3.63) is 53.1 Å². The molecule has 122 valence electrons. The van der Waals surface area contributed by atoms with Crippen molar-refractivity contribution >= 4 is 12.1 Å². The molecule has 23 heavy (non-hydrogen) atoms. The highest BCUT2D eigenvalue weighted by Crippen LogP contribution is 2.24. The van der Waals surface area contributed by atoms with Crippen molar-refractivity contribution in [2.45, 2.75) is 45.4 Å². The Bertz CT molecular complexity index is 624. The second kappa shape index (κ2) is 8.47. The lowest BCUT2D eigenvalue weighted by molar-refractivity contribution is -0.119. The third-order valence-electron chi connectivity index (χ3n) is 3.99. The Kier molecular flexibility index (Phi) is 6.33. The van der Waals surface area contributed by atoms with Crippen LogP contribution in [0.15, 0.2) is 42.0 Å². The van der Waals surface area contributed by atoms with Crippen molar-refractivity contribution in [1.29, 1.82) is 0 Å². The Morgan fingerprint density at radius 2 is 2.04 bits per heavy atom. The Morgan fingerprint density at radius 3 is 2.65 bits per heavy atom. The number of ether oxygens (including phenoxy) is 1. The van der Waals surface area contributed by atoms with Gasteiger partial charge in [-0.15, -0.1) is 0 Å². The number of carbonyl (C=O) groups excluding carboxylic acids is 2. The number of allylic oxidation sites excluding steroid dienone is 4. The average Bonchev–Trinajstić information content (AvgIpc) is 2.49. The van der Waals surface area contributed by atoms with Gasteiger partial charge in [0.1, 0.15) is 17.8 Å². The van der Waals surface area contributed by atoms with Gasteiger partial charge in [-0.2, -0.15) is 0 Å². The van der Waals surface area contributed by atoms with Crippen LogP contribution in [-0.2, 0) is 4.79 Å². The Morgan fingerprint density at radius 1 is 1.26 bits per heavy atom. The Hall–Kier alpha value is -2.16. The first kappa shape index (κ1) is 17.2. The molecule has 0 aromatic heterocycles. The van der Waals surface area contributed by atoms with Crippen molar-refractivity contribution in [3.63, 3.8) is 0 Å². The van der Waals surface area contributed by atoms with Crippen molar-refractivity contribution in [2.24, 2.45) is 0 Å². The van der Waals surface area contributed by atoms with Crippen LogP contribution in [0.3, 0.4) is 0 Å². The lowest BCUT2D eigenvalue weighted by Crippen LogP contribution is -2.05. The first-order chi connectivity index (χ1) is 11.1. The van der Waals surface area contributed by atoms with Crippen LogP contribution in [0.25, 0.3) is 0 Å². The van der Waals surface area contributed by atoms with E-state index in [4.69, 9.17) is 4.74 Å². The molecule has 3 heteroatoms. The minimum atomic E-state index is 0.273. The highest BCUT2D eigenvalue weighted by atomic mass is 16.5. The number of benzene rings is 1. The summed E-state index contributed by atoms with van der Waals surface area (Å²) in [4.78, 5) is 22.8. The van der Waals surface area contributed by atoms with Gasteiger partial charge in [-0.1, -0.05) is 32.1 Å². The number of rotatable bonds is 10. The van der Waals surface area contributed by atoms with Crippen molar-refractivity contribution in [1.82, 2.24) is 0 Å². The maximum absolute atomic E-state index is 11.8. The van der Waals surface area contributed by atoms with E-state index in [0.29, 0.717) is 25.0 Å². The molecule has 3 nitrogen and oxygen atoms in total.